The van der Waals surface area contributed by atoms with Crippen LogP contribution in [0.2, 0.25) is 0 Å². The molecule has 0 bridgehead atoms. The molecule has 0 aliphatic heterocycles. The Morgan fingerprint density at radius 1 is 1.45 bits per heavy atom. The summed E-state index contributed by atoms with van der Waals surface area (Å²) in [6.45, 7) is 0.302. The Balaban J connectivity index is 3.24. The maximum atomic E-state index is 10.3. The summed E-state index contributed by atoms with van der Waals surface area (Å²) in [6.07, 6.45) is 0.266. The Kier molecular flexibility index (Phi) is 5.20. The first-order valence-electron chi connectivity index (χ1n) is 2.93. The summed E-state index contributed by atoms with van der Waals surface area (Å²) in [7, 11) is 1.43. The van der Waals surface area contributed by atoms with Crippen LogP contribution >= 0.6 is 10.7 Å². The van der Waals surface area contributed by atoms with Gasteiger partial charge >= 0.3 is 0 Å². The largest absolute Gasteiger partial charge is 0.379 e. The second kappa shape index (κ2) is 5.35. The van der Waals surface area contributed by atoms with Crippen molar-refractivity contribution in [3.8, 4) is 6.07 Å². The lowest BCUT2D eigenvalue weighted by molar-refractivity contribution is 0.155. The standard InChI is InChI=1S/C5H8ClNO3S/c6-11(8,9)5-4-10-3-1-2-7/h1,3-5H2. The topological polar surface area (TPSA) is 67.2 Å². The van der Waals surface area contributed by atoms with E-state index in [0.717, 1.165) is 0 Å². The average molecular weight is 198 g/mol. The Bertz CT molecular complexity index is 231. The lowest BCUT2D eigenvalue weighted by atomic mass is 10.5. The molecule has 0 aromatic rings. The van der Waals surface area contributed by atoms with Gasteiger partial charge < -0.3 is 4.74 Å². The highest BCUT2D eigenvalue weighted by Gasteiger charge is 2.03. The van der Waals surface area contributed by atoms with E-state index in [1.54, 1.807) is 0 Å². The maximum Gasteiger partial charge on any atom is 0.234 e. The molecule has 0 N–H and O–H groups in total. The van der Waals surface area contributed by atoms with E-state index in [4.69, 9.17) is 20.7 Å². The van der Waals surface area contributed by atoms with Crippen molar-refractivity contribution in [2.45, 2.75) is 6.42 Å². The summed E-state index contributed by atoms with van der Waals surface area (Å²) in [5.74, 6) is -0.208. The van der Waals surface area contributed by atoms with Crippen LogP contribution in [0.1, 0.15) is 6.42 Å². The zero-order valence-electron chi connectivity index (χ0n) is 5.79. The molecule has 0 radical (unpaired) electrons. The van der Waals surface area contributed by atoms with Crippen molar-refractivity contribution in [2.75, 3.05) is 19.0 Å². The van der Waals surface area contributed by atoms with Gasteiger partial charge in [0.25, 0.3) is 0 Å². The first kappa shape index (κ1) is 10.7. The van der Waals surface area contributed by atoms with Crippen molar-refractivity contribution in [1.29, 1.82) is 5.26 Å². The Morgan fingerprint density at radius 3 is 2.55 bits per heavy atom. The van der Waals surface area contributed by atoms with E-state index in [-0.39, 0.29) is 25.4 Å². The van der Waals surface area contributed by atoms with Crippen LogP contribution in [0.4, 0.5) is 0 Å². The molecule has 0 atom stereocenters. The second-order valence-corrected chi connectivity index (χ2v) is 4.66. The molecule has 0 aliphatic carbocycles. The lowest BCUT2D eigenvalue weighted by Gasteiger charge is -1.97. The first-order chi connectivity index (χ1) is 5.06. The van der Waals surface area contributed by atoms with Crippen molar-refractivity contribution >= 4 is 19.7 Å². The Hall–Kier alpha value is -0.310. The molecular formula is C5H8ClNO3S. The van der Waals surface area contributed by atoms with Crippen LogP contribution in [0.15, 0.2) is 0 Å². The van der Waals surface area contributed by atoms with E-state index in [2.05, 4.69) is 0 Å². The highest BCUT2D eigenvalue weighted by atomic mass is 35.7. The van der Waals surface area contributed by atoms with Crippen molar-refractivity contribution in [1.82, 2.24) is 0 Å². The van der Waals surface area contributed by atoms with Gasteiger partial charge in [-0.2, -0.15) is 5.26 Å². The van der Waals surface area contributed by atoms with Gasteiger partial charge in [0, 0.05) is 10.7 Å². The fourth-order valence-corrected chi connectivity index (χ4v) is 0.884. The number of hydrogen-bond acceptors (Lipinski definition) is 4. The molecule has 0 amide bonds. The molecule has 0 saturated carbocycles. The molecule has 0 unspecified atom stereocenters. The number of ether oxygens (including phenoxy) is 1. The van der Waals surface area contributed by atoms with E-state index < -0.39 is 9.05 Å². The van der Waals surface area contributed by atoms with Gasteiger partial charge in [-0.25, -0.2) is 8.42 Å². The van der Waals surface area contributed by atoms with Gasteiger partial charge in [0.2, 0.25) is 9.05 Å². The molecule has 0 aromatic heterocycles. The highest BCUT2D eigenvalue weighted by molar-refractivity contribution is 8.13. The van der Waals surface area contributed by atoms with E-state index in [1.807, 2.05) is 6.07 Å². The Labute approximate surface area is 70.1 Å². The fourth-order valence-electron chi connectivity index (χ4n) is 0.378. The van der Waals surface area contributed by atoms with Gasteiger partial charge in [-0.1, -0.05) is 0 Å². The van der Waals surface area contributed by atoms with Crippen LogP contribution in [-0.4, -0.2) is 27.4 Å². The molecule has 11 heavy (non-hydrogen) atoms. The van der Waals surface area contributed by atoms with Crippen molar-refractivity contribution in [3.63, 3.8) is 0 Å². The lowest BCUT2D eigenvalue weighted by Crippen LogP contribution is -2.06. The van der Waals surface area contributed by atoms with Gasteiger partial charge in [-0.3, -0.25) is 0 Å². The summed E-state index contributed by atoms with van der Waals surface area (Å²) in [5.41, 5.74) is 0. The molecule has 0 spiro atoms. The smallest absolute Gasteiger partial charge is 0.234 e. The first-order valence-corrected chi connectivity index (χ1v) is 5.41. The number of nitrogens with zero attached hydrogens (tertiary/aromatic N) is 1. The summed E-state index contributed by atoms with van der Waals surface area (Å²) >= 11 is 0. The van der Waals surface area contributed by atoms with Crippen LogP contribution in [0.25, 0.3) is 0 Å². The molecule has 6 heteroatoms. The van der Waals surface area contributed by atoms with Crippen molar-refractivity contribution in [2.24, 2.45) is 0 Å². The van der Waals surface area contributed by atoms with Gasteiger partial charge in [-0.15, -0.1) is 0 Å². The third kappa shape index (κ3) is 9.69. The quantitative estimate of drug-likeness (QED) is 0.475. The molecule has 0 heterocycles. The third-order valence-corrected chi connectivity index (χ3v) is 1.95. The SMILES string of the molecule is N#CCCOCCS(=O)(=O)Cl. The summed E-state index contributed by atoms with van der Waals surface area (Å²) in [5, 5.41) is 8.05. The Morgan fingerprint density at radius 2 is 2.09 bits per heavy atom. The zero-order chi connectivity index (χ0) is 8.74. The minimum absolute atomic E-state index is 0.0491. The highest BCUT2D eigenvalue weighted by Crippen LogP contribution is 1.95. The van der Waals surface area contributed by atoms with Gasteiger partial charge in [-0.05, 0) is 0 Å². The molecule has 0 saturated heterocycles. The van der Waals surface area contributed by atoms with Crippen LogP contribution in [-0.2, 0) is 13.8 Å². The number of rotatable bonds is 5. The van der Waals surface area contributed by atoms with Crippen LogP contribution < -0.4 is 0 Å². The molecule has 0 rings (SSSR count). The van der Waals surface area contributed by atoms with E-state index in [0.29, 0.717) is 0 Å². The van der Waals surface area contributed by atoms with E-state index in [1.165, 1.54) is 0 Å². The summed E-state index contributed by atoms with van der Waals surface area (Å²) in [4.78, 5) is 0. The minimum Gasteiger partial charge on any atom is -0.379 e. The van der Waals surface area contributed by atoms with E-state index in [9.17, 15) is 8.42 Å². The van der Waals surface area contributed by atoms with Crippen LogP contribution in [0.5, 0.6) is 0 Å². The van der Waals surface area contributed by atoms with Crippen LogP contribution in [0, 0.1) is 11.3 Å². The van der Waals surface area contributed by atoms with Crippen molar-refractivity contribution in [3.05, 3.63) is 0 Å². The molecule has 0 aromatic carbocycles. The molecule has 64 valence electrons. The summed E-state index contributed by atoms with van der Waals surface area (Å²) < 4.78 is 25.3. The van der Waals surface area contributed by atoms with E-state index >= 15 is 0 Å². The van der Waals surface area contributed by atoms with Gasteiger partial charge in [0.15, 0.2) is 0 Å². The second-order valence-electron chi connectivity index (χ2n) is 1.76. The molecular weight excluding hydrogens is 190 g/mol. The maximum absolute atomic E-state index is 10.3. The van der Waals surface area contributed by atoms with Gasteiger partial charge in [0.1, 0.15) is 0 Å². The summed E-state index contributed by atoms with van der Waals surface area (Å²) in [6, 6.07) is 1.86. The number of hydrogen-bond donors (Lipinski definition) is 0. The minimum atomic E-state index is -3.45. The predicted octanol–water partition coefficient (Wildman–Crippen LogP) is 0.485. The zero-order valence-corrected chi connectivity index (χ0v) is 7.36. The average Bonchev–Trinajstić information content (AvgIpc) is 1.85. The van der Waals surface area contributed by atoms with Crippen molar-refractivity contribution < 1.29 is 13.2 Å². The fraction of sp³-hybridized carbons (Fsp3) is 0.800. The molecule has 4 nitrogen and oxygen atoms in total. The third-order valence-electron chi connectivity index (χ3n) is 0.830. The molecule has 0 aliphatic rings. The monoisotopic (exact) mass is 197 g/mol. The predicted molar refractivity (Wildman–Crippen MR) is 40.7 cm³/mol. The van der Waals surface area contributed by atoms with Crippen LogP contribution in [0.3, 0.4) is 0 Å². The molecule has 0 fully saturated rings. The normalized spacial score (nSPS) is 10.9. The number of nitriles is 1. The number of halogens is 1. The van der Waals surface area contributed by atoms with Gasteiger partial charge in [0.05, 0.1) is 31.5 Å².